The Kier molecular flexibility index (Phi) is 3.83. The Morgan fingerprint density at radius 2 is 2.25 bits per heavy atom. The Balaban J connectivity index is 1.54. The third-order valence-corrected chi connectivity index (χ3v) is 4.91. The van der Waals surface area contributed by atoms with Gasteiger partial charge < -0.3 is 20.4 Å². The lowest BCUT2D eigenvalue weighted by Gasteiger charge is -2.38. The molecule has 0 saturated carbocycles. The third-order valence-electron chi connectivity index (χ3n) is 4.91. The molecule has 0 radical (unpaired) electrons. The smallest absolute Gasteiger partial charge is 0.317 e. The lowest BCUT2D eigenvalue weighted by Crippen LogP contribution is -2.55. The molecule has 3 unspecified atom stereocenters. The van der Waals surface area contributed by atoms with E-state index in [1.807, 2.05) is 9.80 Å². The number of urea groups is 1. The number of hydrogen-bond donors (Lipinski definition) is 2. The molecule has 0 aromatic carbocycles. The number of piperidine rings is 1. The molecular weight excluding hydrogens is 256 g/mol. The first-order chi connectivity index (χ1) is 9.65. The molecule has 112 valence electrons. The Labute approximate surface area is 119 Å². The van der Waals surface area contributed by atoms with Gasteiger partial charge in [-0.2, -0.15) is 0 Å². The number of nitrogens with one attached hydrogen (secondary N) is 2. The van der Waals surface area contributed by atoms with Gasteiger partial charge in [-0.25, -0.2) is 4.79 Å². The number of piperazine rings is 1. The largest absolute Gasteiger partial charge is 0.339 e. The summed E-state index contributed by atoms with van der Waals surface area (Å²) in [6, 6.07) is 0.499. The zero-order valence-corrected chi connectivity index (χ0v) is 12.1. The molecule has 2 N–H and O–H groups in total. The van der Waals surface area contributed by atoms with Gasteiger partial charge in [0.1, 0.15) is 0 Å². The van der Waals surface area contributed by atoms with Crippen molar-refractivity contribution in [2.45, 2.75) is 38.3 Å². The first kappa shape index (κ1) is 13.7. The van der Waals surface area contributed by atoms with Crippen LogP contribution in [-0.2, 0) is 4.79 Å². The van der Waals surface area contributed by atoms with Crippen molar-refractivity contribution in [3.63, 3.8) is 0 Å². The molecule has 0 spiro atoms. The maximum atomic E-state index is 12.4. The van der Waals surface area contributed by atoms with E-state index in [1.54, 1.807) is 0 Å². The number of rotatable bonds is 2. The van der Waals surface area contributed by atoms with E-state index in [2.05, 4.69) is 17.6 Å². The number of hydrogen-bond acceptors (Lipinski definition) is 3. The molecule has 0 bridgehead atoms. The van der Waals surface area contributed by atoms with Crippen molar-refractivity contribution in [1.82, 2.24) is 20.4 Å². The quantitative estimate of drug-likeness (QED) is 0.748. The van der Waals surface area contributed by atoms with E-state index in [1.165, 1.54) is 12.8 Å². The lowest BCUT2D eigenvalue weighted by atomic mass is 9.90. The highest BCUT2D eigenvalue weighted by atomic mass is 16.2. The molecule has 6 heteroatoms. The zero-order chi connectivity index (χ0) is 14.1. The van der Waals surface area contributed by atoms with Gasteiger partial charge in [-0.1, -0.05) is 6.92 Å². The van der Waals surface area contributed by atoms with Gasteiger partial charge in [-0.05, 0) is 25.3 Å². The summed E-state index contributed by atoms with van der Waals surface area (Å²) in [5.74, 6) is 0.805. The molecule has 0 aromatic heterocycles. The molecule has 0 aromatic rings. The van der Waals surface area contributed by atoms with E-state index in [9.17, 15) is 9.59 Å². The summed E-state index contributed by atoms with van der Waals surface area (Å²) in [5, 5.41) is 6.31. The van der Waals surface area contributed by atoms with E-state index < -0.39 is 0 Å². The molecule has 6 nitrogen and oxygen atoms in total. The molecule has 3 heterocycles. The number of fused-ring (bicyclic) bond motifs is 1. The van der Waals surface area contributed by atoms with Crippen LogP contribution in [0.1, 0.15) is 26.2 Å². The van der Waals surface area contributed by atoms with Crippen LogP contribution in [0.25, 0.3) is 0 Å². The monoisotopic (exact) mass is 280 g/mol. The van der Waals surface area contributed by atoms with E-state index in [-0.39, 0.29) is 18.0 Å². The van der Waals surface area contributed by atoms with Gasteiger partial charge >= 0.3 is 6.03 Å². The molecule has 0 aliphatic carbocycles. The van der Waals surface area contributed by atoms with Crippen molar-refractivity contribution in [1.29, 1.82) is 0 Å². The maximum Gasteiger partial charge on any atom is 0.317 e. The predicted octanol–water partition coefficient (Wildman–Crippen LogP) is 0.000600. The van der Waals surface area contributed by atoms with Crippen LogP contribution >= 0.6 is 0 Å². The van der Waals surface area contributed by atoms with Crippen LogP contribution in [0.3, 0.4) is 0 Å². The Morgan fingerprint density at radius 1 is 1.40 bits per heavy atom. The average molecular weight is 280 g/mol. The summed E-state index contributed by atoms with van der Waals surface area (Å²) in [6.07, 6.45) is 3.01. The minimum Gasteiger partial charge on any atom is -0.339 e. The Morgan fingerprint density at radius 3 is 3.05 bits per heavy atom. The van der Waals surface area contributed by atoms with Gasteiger partial charge in [-0.3, -0.25) is 4.79 Å². The zero-order valence-electron chi connectivity index (χ0n) is 12.1. The van der Waals surface area contributed by atoms with Gasteiger partial charge in [0.2, 0.25) is 5.91 Å². The van der Waals surface area contributed by atoms with Crippen molar-refractivity contribution >= 4 is 11.9 Å². The van der Waals surface area contributed by atoms with Crippen LogP contribution in [0.5, 0.6) is 0 Å². The summed E-state index contributed by atoms with van der Waals surface area (Å²) in [6.45, 7) is 5.93. The summed E-state index contributed by atoms with van der Waals surface area (Å²) >= 11 is 0. The normalized spacial score (nSPS) is 33.9. The van der Waals surface area contributed by atoms with Gasteiger partial charge in [0, 0.05) is 38.6 Å². The SMILES string of the molecule is CC1CCCNC1CC(=O)N1CCN2C(=O)NCC2C1. The van der Waals surface area contributed by atoms with Gasteiger partial charge in [0.15, 0.2) is 0 Å². The van der Waals surface area contributed by atoms with Gasteiger partial charge in [0.25, 0.3) is 0 Å². The first-order valence-electron chi connectivity index (χ1n) is 7.71. The minimum atomic E-state index is 0.0182. The number of nitrogens with zero attached hydrogens (tertiary/aromatic N) is 2. The average Bonchev–Trinajstić information content (AvgIpc) is 2.82. The molecule has 3 rings (SSSR count). The third kappa shape index (κ3) is 2.61. The molecule has 3 atom stereocenters. The predicted molar refractivity (Wildman–Crippen MR) is 75.3 cm³/mol. The fourth-order valence-corrected chi connectivity index (χ4v) is 3.54. The van der Waals surface area contributed by atoms with Crippen LogP contribution in [0, 0.1) is 5.92 Å². The Bertz CT molecular complexity index is 401. The van der Waals surface area contributed by atoms with Crippen molar-refractivity contribution in [2.75, 3.05) is 32.7 Å². The van der Waals surface area contributed by atoms with Crippen LogP contribution in [-0.4, -0.2) is 66.5 Å². The molecule has 20 heavy (non-hydrogen) atoms. The molecule has 3 fully saturated rings. The van der Waals surface area contributed by atoms with Crippen molar-refractivity contribution < 1.29 is 9.59 Å². The second-order valence-electron chi connectivity index (χ2n) is 6.26. The molecule has 3 aliphatic rings. The molecule has 3 aliphatic heterocycles. The maximum absolute atomic E-state index is 12.4. The fraction of sp³-hybridized carbons (Fsp3) is 0.857. The molecule has 3 saturated heterocycles. The van der Waals surface area contributed by atoms with E-state index in [4.69, 9.17) is 0 Å². The van der Waals surface area contributed by atoms with Crippen LogP contribution in [0.15, 0.2) is 0 Å². The molecule has 3 amide bonds. The van der Waals surface area contributed by atoms with E-state index in [0.717, 1.165) is 6.54 Å². The topological polar surface area (TPSA) is 64.7 Å². The van der Waals surface area contributed by atoms with Crippen LogP contribution in [0.4, 0.5) is 4.79 Å². The fourth-order valence-electron chi connectivity index (χ4n) is 3.54. The lowest BCUT2D eigenvalue weighted by molar-refractivity contribution is -0.134. The summed E-state index contributed by atoms with van der Waals surface area (Å²) in [4.78, 5) is 27.8. The van der Waals surface area contributed by atoms with E-state index >= 15 is 0 Å². The number of amides is 3. The number of carbonyl (C=O) groups is 2. The van der Waals surface area contributed by atoms with E-state index in [0.29, 0.717) is 44.6 Å². The Hall–Kier alpha value is -1.30. The highest BCUT2D eigenvalue weighted by Crippen LogP contribution is 2.20. The van der Waals surface area contributed by atoms with Crippen molar-refractivity contribution in [3.8, 4) is 0 Å². The highest BCUT2D eigenvalue weighted by Gasteiger charge is 2.37. The van der Waals surface area contributed by atoms with Gasteiger partial charge in [-0.15, -0.1) is 0 Å². The second kappa shape index (κ2) is 5.60. The standard InChI is InChI=1S/C14H24N4O2/c1-10-3-2-4-15-12(10)7-13(19)17-5-6-18-11(9-17)8-16-14(18)20/h10-12,15H,2-9H2,1H3,(H,16,20). The second-order valence-corrected chi connectivity index (χ2v) is 6.26. The first-order valence-corrected chi connectivity index (χ1v) is 7.71. The summed E-state index contributed by atoms with van der Waals surface area (Å²) in [5.41, 5.74) is 0. The van der Waals surface area contributed by atoms with Crippen LogP contribution in [0.2, 0.25) is 0 Å². The minimum absolute atomic E-state index is 0.0182. The highest BCUT2D eigenvalue weighted by molar-refractivity contribution is 5.79. The summed E-state index contributed by atoms with van der Waals surface area (Å²) in [7, 11) is 0. The van der Waals surface area contributed by atoms with Crippen molar-refractivity contribution in [3.05, 3.63) is 0 Å². The van der Waals surface area contributed by atoms with Gasteiger partial charge in [0.05, 0.1) is 6.04 Å². The number of carbonyl (C=O) groups excluding carboxylic acids is 2. The molecular formula is C14H24N4O2. The summed E-state index contributed by atoms with van der Waals surface area (Å²) < 4.78 is 0. The van der Waals surface area contributed by atoms with Crippen molar-refractivity contribution in [2.24, 2.45) is 5.92 Å². The van der Waals surface area contributed by atoms with Crippen LogP contribution < -0.4 is 10.6 Å².